The minimum atomic E-state index is -0.456. The maximum atomic E-state index is 11.8. The lowest BCUT2D eigenvalue weighted by Gasteiger charge is -2.37. The number of rotatable bonds is 1. The Morgan fingerprint density at radius 3 is 2.74 bits per heavy atom. The van der Waals surface area contributed by atoms with Gasteiger partial charge in [-0.15, -0.1) is 0 Å². The zero-order chi connectivity index (χ0) is 14.1. The van der Waals surface area contributed by atoms with E-state index in [0.29, 0.717) is 6.61 Å². The molecule has 0 radical (unpaired) electrons. The van der Waals surface area contributed by atoms with E-state index in [4.69, 9.17) is 15.2 Å². The Morgan fingerprint density at radius 1 is 1.42 bits per heavy atom. The normalized spacial score (nSPS) is 35.4. The molecule has 1 saturated heterocycles. The zero-order valence-electron chi connectivity index (χ0n) is 12.2. The summed E-state index contributed by atoms with van der Waals surface area (Å²) in [6, 6.07) is 0.272. The fourth-order valence-electron chi connectivity index (χ4n) is 3.12. The van der Waals surface area contributed by atoms with Crippen molar-refractivity contribution in [2.75, 3.05) is 6.61 Å². The van der Waals surface area contributed by atoms with Crippen molar-refractivity contribution in [1.29, 1.82) is 0 Å². The minimum Gasteiger partial charge on any atom is -0.444 e. The molecule has 110 valence electrons. The number of amides is 1. The van der Waals surface area contributed by atoms with Gasteiger partial charge in [0.05, 0.1) is 12.2 Å². The molecule has 3 atom stereocenters. The van der Waals surface area contributed by atoms with Crippen LogP contribution in [0.3, 0.4) is 0 Å². The first-order chi connectivity index (χ1) is 8.78. The summed E-state index contributed by atoms with van der Waals surface area (Å²) in [4.78, 5) is 11.8. The second-order valence-electron chi connectivity index (χ2n) is 6.90. The highest BCUT2D eigenvalue weighted by Crippen LogP contribution is 2.39. The van der Waals surface area contributed by atoms with Crippen LogP contribution < -0.4 is 11.1 Å². The lowest BCUT2D eigenvalue weighted by molar-refractivity contribution is -0.0344. The van der Waals surface area contributed by atoms with Crippen LogP contribution in [0.1, 0.15) is 52.9 Å². The van der Waals surface area contributed by atoms with Crippen LogP contribution in [0.15, 0.2) is 0 Å². The molecule has 0 aromatic rings. The molecule has 0 bridgehead atoms. The van der Waals surface area contributed by atoms with E-state index < -0.39 is 5.60 Å². The van der Waals surface area contributed by atoms with Crippen LogP contribution in [0.5, 0.6) is 0 Å². The summed E-state index contributed by atoms with van der Waals surface area (Å²) in [5, 5.41) is 2.96. The van der Waals surface area contributed by atoms with E-state index in [1.165, 1.54) is 0 Å². The molecule has 1 aliphatic heterocycles. The monoisotopic (exact) mass is 270 g/mol. The highest BCUT2D eigenvalue weighted by Gasteiger charge is 2.43. The Morgan fingerprint density at radius 2 is 2.16 bits per heavy atom. The molecular weight excluding hydrogens is 244 g/mol. The van der Waals surface area contributed by atoms with Gasteiger partial charge in [-0.05, 0) is 52.9 Å². The predicted octanol–water partition coefficient (Wildman–Crippen LogP) is 1.94. The van der Waals surface area contributed by atoms with E-state index >= 15 is 0 Å². The van der Waals surface area contributed by atoms with Crippen molar-refractivity contribution in [2.24, 2.45) is 5.73 Å². The van der Waals surface area contributed by atoms with Gasteiger partial charge in [0.15, 0.2) is 0 Å². The Kier molecular flexibility index (Phi) is 4.06. The molecule has 1 amide bonds. The van der Waals surface area contributed by atoms with Crippen molar-refractivity contribution in [3.63, 3.8) is 0 Å². The van der Waals surface area contributed by atoms with E-state index in [1.54, 1.807) is 0 Å². The van der Waals surface area contributed by atoms with Gasteiger partial charge >= 0.3 is 6.09 Å². The number of carbonyl (C=O) groups is 1. The summed E-state index contributed by atoms with van der Waals surface area (Å²) >= 11 is 0. The van der Waals surface area contributed by atoms with E-state index in [-0.39, 0.29) is 23.8 Å². The number of hydrogen-bond acceptors (Lipinski definition) is 4. The van der Waals surface area contributed by atoms with Crippen LogP contribution in [0.4, 0.5) is 4.79 Å². The third-order valence-corrected chi connectivity index (χ3v) is 3.76. The average molecular weight is 270 g/mol. The van der Waals surface area contributed by atoms with Gasteiger partial charge in [0.2, 0.25) is 0 Å². The van der Waals surface area contributed by atoms with Crippen LogP contribution in [-0.2, 0) is 9.47 Å². The number of alkyl carbamates (subject to hydrolysis) is 1. The molecule has 1 heterocycles. The summed E-state index contributed by atoms with van der Waals surface area (Å²) in [5.41, 5.74) is 5.36. The van der Waals surface area contributed by atoms with Gasteiger partial charge < -0.3 is 20.5 Å². The Balaban J connectivity index is 1.86. The van der Waals surface area contributed by atoms with Crippen molar-refractivity contribution in [3.8, 4) is 0 Å². The standard InChI is InChI=1S/C14H26N2O3/c1-13(2,3)19-12(17)16-11-5-4-6-14(8-11)7-10(15)9-18-14/h10-11H,4-9,15H2,1-3H3,(H,16,17). The smallest absolute Gasteiger partial charge is 0.407 e. The van der Waals surface area contributed by atoms with Crippen molar-refractivity contribution in [2.45, 2.75) is 76.2 Å². The van der Waals surface area contributed by atoms with Gasteiger partial charge in [-0.1, -0.05) is 0 Å². The molecule has 2 rings (SSSR count). The number of nitrogens with one attached hydrogen (secondary N) is 1. The average Bonchev–Trinajstić information content (AvgIpc) is 2.56. The first-order valence-electron chi connectivity index (χ1n) is 7.17. The maximum Gasteiger partial charge on any atom is 0.407 e. The van der Waals surface area contributed by atoms with Gasteiger partial charge in [-0.3, -0.25) is 0 Å². The highest BCUT2D eigenvalue weighted by molar-refractivity contribution is 5.68. The van der Waals surface area contributed by atoms with Crippen molar-refractivity contribution in [1.82, 2.24) is 5.32 Å². The van der Waals surface area contributed by atoms with Gasteiger partial charge in [-0.2, -0.15) is 0 Å². The zero-order valence-corrected chi connectivity index (χ0v) is 12.2. The molecule has 1 spiro atoms. The summed E-state index contributed by atoms with van der Waals surface area (Å²) in [5.74, 6) is 0. The molecule has 19 heavy (non-hydrogen) atoms. The topological polar surface area (TPSA) is 73.6 Å². The van der Waals surface area contributed by atoms with Crippen molar-refractivity contribution in [3.05, 3.63) is 0 Å². The Labute approximate surface area is 115 Å². The van der Waals surface area contributed by atoms with Crippen LogP contribution in [-0.4, -0.2) is 36.0 Å². The third-order valence-electron chi connectivity index (χ3n) is 3.76. The van der Waals surface area contributed by atoms with Crippen LogP contribution in [0, 0.1) is 0 Å². The first kappa shape index (κ1) is 14.6. The van der Waals surface area contributed by atoms with Gasteiger partial charge in [0, 0.05) is 12.1 Å². The molecule has 0 aromatic carbocycles. The van der Waals surface area contributed by atoms with E-state index in [0.717, 1.165) is 32.1 Å². The molecule has 3 N–H and O–H groups in total. The summed E-state index contributed by atoms with van der Waals surface area (Å²) in [6.45, 7) is 6.25. The molecular formula is C14H26N2O3. The number of ether oxygens (including phenoxy) is 2. The number of nitrogens with two attached hydrogens (primary N) is 1. The predicted molar refractivity (Wildman–Crippen MR) is 72.9 cm³/mol. The van der Waals surface area contributed by atoms with Gasteiger partial charge in [0.1, 0.15) is 5.60 Å². The number of carbonyl (C=O) groups excluding carboxylic acids is 1. The third kappa shape index (κ3) is 4.08. The molecule has 5 nitrogen and oxygen atoms in total. The first-order valence-corrected chi connectivity index (χ1v) is 7.17. The summed E-state index contributed by atoms with van der Waals surface area (Å²) in [6.07, 6.45) is 4.51. The van der Waals surface area contributed by atoms with Crippen molar-refractivity contribution >= 4 is 6.09 Å². The van der Waals surface area contributed by atoms with Crippen LogP contribution in [0.25, 0.3) is 0 Å². The lowest BCUT2D eigenvalue weighted by Crippen LogP contribution is -2.47. The molecule has 1 saturated carbocycles. The molecule has 1 aliphatic carbocycles. The highest BCUT2D eigenvalue weighted by atomic mass is 16.6. The maximum absolute atomic E-state index is 11.8. The molecule has 3 unspecified atom stereocenters. The SMILES string of the molecule is CC(C)(C)OC(=O)NC1CCCC2(CC(N)CO2)C1. The largest absolute Gasteiger partial charge is 0.444 e. The van der Waals surface area contributed by atoms with Gasteiger partial charge in [-0.25, -0.2) is 4.79 Å². The van der Waals surface area contributed by atoms with E-state index in [9.17, 15) is 4.79 Å². The molecule has 2 aliphatic rings. The van der Waals surface area contributed by atoms with Gasteiger partial charge in [0.25, 0.3) is 0 Å². The Bertz CT molecular complexity index is 336. The van der Waals surface area contributed by atoms with E-state index in [1.807, 2.05) is 20.8 Å². The minimum absolute atomic E-state index is 0.114. The van der Waals surface area contributed by atoms with E-state index in [2.05, 4.69) is 5.32 Å². The fourth-order valence-corrected chi connectivity index (χ4v) is 3.12. The van der Waals surface area contributed by atoms with Crippen LogP contribution in [0.2, 0.25) is 0 Å². The quantitative estimate of drug-likeness (QED) is 0.763. The lowest BCUT2D eigenvalue weighted by atomic mass is 9.79. The molecule has 0 aromatic heterocycles. The summed E-state index contributed by atoms with van der Waals surface area (Å²) < 4.78 is 11.2. The Hall–Kier alpha value is -0.810. The fraction of sp³-hybridized carbons (Fsp3) is 0.929. The molecule has 2 fully saturated rings. The van der Waals surface area contributed by atoms with Crippen molar-refractivity contribution < 1.29 is 14.3 Å². The summed E-state index contributed by atoms with van der Waals surface area (Å²) in [7, 11) is 0. The van der Waals surface area contributed by atoms with Crippen LogP contribution >= 0.6 is 0 Å². The second-order valence-corrected chi connectivity index (χ2v) is 6.90. The number of hydrogen-bond donors (Lipinski definition) is 2. The molecule has 5 heteroatoms. The second kappa shape index (κ2) is 5.29.